The largest absolute Gasteiger partial charge is 0.350 e. The molecule has 2 N–H and O–H groups in total. The second-order valence-corrected chi connectivity index (χ2v) is 6.50. The Bertz CT molecular complexity index is 846. The predicted octanol–water partition coefficient (Wildman–Crippen LogP) is 2.58. The maximum atomic E-state index is 12.5. The normalized spacial score (nSPS) is 10.4. The first-order valence-electron chi connectivity index (χ1n) is 7.92. The maximum Gasteiger partial charge on any atom is 0.274 e. The van der Waals surface area contributed by atoms with Crippen molar-refractivity contribution in [3.05, 3.63) is 62.5 Å². The molecule has 132 valence electrons. The van der Waals surface area contributed by atoms with Crippen molar-refractivity contribution in [2.45, 2.75) is 33.4 Å². The number of aryl methyl sites for hydroxylation is 1. The average Bonchev–Trinajstić information content (AvgIpc) is 2.59. The lowest BCUT2D eigenvalue weighted by molar-refractivity contribution is -0.122. The number of carbonyl (C=O) groups excluding carboxylic acids is 2. The molecule has 7 heteroatoms. The van der Waals surface area contributed by atoms with Crippen LogP contribution in [0.4, 0.5) is 5.69 Å². The molecule has 0 radical (unpaired) electrons. The van der Waals surface area contributed by atoms with Gasteiger partial charge in [0.15, 0.2) is 0 Å². The van der Waals surface area contributed by atoms with E-state index >= 15 is 0 Å². The quantitative estimate of drug-likeness (QED) is 0.774. The standard InChI is InChI=1S/C18H20BrN3O3/c1-3-16(23)21-15-8-7-12(2)22(18(15)25)11-17(24)20-10-13-5-4-6-14(19)9-13/h4-9H,3,10-11H2,1-2H3,(H,20,24)(H,21,23). The van der Waals surface area contributed by atoms with Gasteiger partial charge in [0, 0.05) is 23.1 Å². The fourth-order valence-electron chi connectivity index (χ4n) is 2.25. The molecule has 0 spiro atoms. The minimum Gasteiger partial charge on any atom is -0.350 e. The Morgan fingerprint density at radius 2 is 1.92 bits per heavy atom. The van der Waals surface area contributed by atoms with Crippen LogP contribution >= 0.6 is 15.9 Å². The third kappa shape index (κ3) is 5.29. The fraction of sp³-hybridized carbons (Fsp3) is 0.278. The van der Waals surface area contributed by atoms with Crippen molar-refractivity contribution >= 4 is 33.4 Å². The van der Waals surface area contributed by atoms with Crippen molar-refractivity contribution < 1.29 is 9.59 Å². The van der Waals surface area contributed by atoms with Gasteiger partial charge in [-0.1, -0.05) is 35.0 Å². The predicted molar refractivity (Wildman–Crippen MR) is 100 cm³/mol. The molecular formula is C18H20BrN3O3. The van der Waals surface area contributed by atoms with Crippen molar-refractivity contribution in [2.24, 2.45) is 0 Å². The molecule has 0 unspecified atom stereocenters. The number of aromatic nitrogens is 1. The van der Waals surface area contributed by atoms with Crippen molar-refractivity contribution in [3.63, 3.8) is 0 Å². The molecule has 0 aliphatic rings. The van der Waals surface area contributed by atoms with Gasteiger partial charge in [-0.2, -0.15) is 0 Å². The molecule has 0 aliphatic heterocycles. The van der Waals surface area contributed by atoms with E-state index in [2.05, 4.69) is 26.6 Å². The van der Waals surface area contributed by atoms with Gasteiger partial charge in [-0.05, 0) is 36.8 Å². The third-order valence-corrected chi connectivity index (χ3v) is 4.16. The third-order valence-electron chi connectivity index (χ3n) is 3.67. The smallest absolute Gasteiger partial charge is 0.274 e. The van der Waals surface area contributed by atoms with Crippen LogP contribution in [0.3, 0.4) is 0 Å². The molecule has 1 aromatic carbocycles. The second kappa shape index (κ2) is 8.62. The summed E-state index contributed by atoms with van der Waals surface area (Å²) in [5.74, 6) is -0.518. The van der Waals surface area contributed by atoms with Gasteiger partial charge in [0.1, 0.15) is 12.2 Å². The second-order valence-electron chi connectivity index (χ2n) is 5.59. The number of benzene rings is 1. The Morgan fingerprint density at radius 1 is 1.16 bits per heavy atom. The monoisotopic (exact) mass is 405 g/mol. The highest BCUT2D eigenvalue weighted by molar-refractivity contribution is 9.10. The molecule has 1 aromatic heterocycles. The van der Waals surface area contributed by atoms with E-state index in [1.807, 2.05) is 24.3 Å². The summed E-state index contributed by atoms with van der Waals surface area (Å²) < 4.78 is 2.28. The number of rotatable bonds is 6. The van der Waals surface area contributed by atoms with E-state index in [0.717, 1.165) is 10.0 Å². The van der Waals surface area contributed by atoms with E-state index in [-0.39, 0.29) is 36.0 Å². The molecule has 6 nitrogen and oxygen atoms in total. The van der Waals surface area contributed by atoms with Gasteiger partial charge in [-0.25, -0.2) is 0 Å². The molecule has 25 heavy (non-hydrogen) atoms. The Morgan fingerprint density at radius 3 is 2.60 bits per heavy atom. The number of hydrogen-bond acceptors (Lipinski definition) is 3. The Hall–Kier alpha value is -2.41. The Balaban J connectivity index is 2.08. The van der Waals surface area contributed by atoms with E-state index in [4.69, 9.17) is 0 Å². The summed E-state index contributed by atoms with van der Waals surface area (Å²) in [5, 5.41) is 5.35. The lowest BCUT2D eigenvalue weighted by Gasteiger charge is -2.13. The Kier molecular flexibility index (Phi) is 6.52. The van der Waals surface area contributed by atoms with Crippen LogP contribution < -0.4 is 16.2 Å². The van der Waals surface area contributed by atoms with E-state index in [1.54, 1.807) is 26.0 Å². The highest BCUT2D eigenvalue weighted by atomic mass is 79.9. The van der Waals surface area contributed by atoms with Crippen molar-refractivity contribution in [3.8, 4) is 0 Å². The van der Waals surface area contributed by atoms with E-state index in [0.29, 0.717) is 12.2 Å². The lowest BCUT2D eigenvalue weighted by atomic mass is 10.2. The van der Waals surface area contributed by atoms with Gasteiger partial charge in [0.05, 0.1) is 0 Å². The summed E-state index contributed by atoms with van der Waals surface area (Å²) in [4.78, 5) is 36.1. The van der Waals surface area contributed by atoms with Crippen LogP contribution in [0, 0.1) is 6.92 Å². The number of carbonyl (C=O) groups is 2. The topological polar surface area (TPSA) is 80.2 Å². The summed E-state index contributed by atoms with van der Waals surface area (Å²) >= 11 is 3.38. The van der Waals surface area contributed by atoms with Crippen LogP contribution in [0.25, 0.3) is 0 Å². The fourth-order valence-corrected chi connectivity index (χ4v) is 2.69. The SMILES string of the molecule is CCC(=O)Nc1ccc(C)n(CC(=O)NCc2cccc(Br)c2)c1=O. The number of halogens is 1. The molecule has 1 heterocycles. The molecule has 0 aliphatic carbocycles. The van der Waals surface area contributed by atoms with Crippen molar-refractivity contribution in [1.29, 1.82) is 0 Å². The number of nitrogens with zero attached hydrogens (tertiary/aromatic N) is 1. The van der Waals surface area contributed by atoms with Crippen LogP contribution in [-0.4, -0.2) is 16.4 Å². The van der Waals surface area contributed by atoms with E-state index in [9.17, 15) is 14.4 Å². The van der Waals surface area contributed by atoms with Crippen molar-refractivity contribution in [2.75, 3.05) is 5.32 Å². The molecule has 2 amide bonds. The number of hydrogen-bond donors (Lipinski definition) is 2. The number of nitrogens with one attached hydrogen (secondary N) is 2. The summed E-state index contributed by atoms with van der Waals surface area (Å²) in [6.45, 7) is 3.72. The molecule has 2 rings (SSSR count). The average molecular weight is 406 g/mol. The number of amides is 2. The Labute approximate surface area is 154 Å². The van der Waals surface area contributed by atoms with Crippen LogP contribution in [0.1, 0.15) is 24.6 Å². The molecule has 0 saturated carbocycles. The van der Waals surface area contributed by atoms with Crippen LogP contribution in [0.2, 0.25) is 0 Å². The van der Waals surface area contributed by atoms with Crippen molar-refractivity contribution in [1.82, 2.24) is 9.88 Å². The zero-order valence-electron chi connectivity index (χ0n) is 14.1. The zero-order chi connectivity index (χ0) is 18.4. The summed E-state index contributed by atoms with van der Waals surface area (Å²) in [6, 6.07) is 10.9. The lowest BCUT2D eigenvalue weighted by Crippen LogP contribution is -2.34. The highest BCUT2D eigenvalue weighted by Gasteiger charge is 2.11. The highest BCUT2D eigenvalue weighted by Crippen LogP contribution is 2.11. The summed E-state index contributed by atoms with van der Waals surface area (Å²) in [6.07, 6.45) is 0.278. The minimum atomic E-state index is -0.389. The van der Waals surface area contributed by atoms with Gasteiger partial charge in [0.25, 0.3) is 5.56 Å². The minimum absolute atomic E-state index is 0.103. The summed E-state index contributed by atoms with van der Waals surface area (Å²) in [7, 11) is 0. The molecule has 0 bridgehead atoms. The molecule has 2 aromatic rings. The first-order valence-corrected chi connectivity index (χ1v) is 8.71. The molecular weight excluding hydrogens is 386 g/mol. The van der Waals surface area contributed by atoms with Gasteiger partial charge in [-0.3, -0.25) is 14.4 Å². The van der Waals surface area contributed by atoms with Crippen LogP contribution in [-0.2, 0) is 22.7 Å². The molecule has 0 atom stereocenters. The number of anilines is 1. The summed E-state index contributed by atoms with van der Waals surface area (Å²) in [5.41, 5.74) is 1.39. The van der Waals surface area contributed by atoms with Gasteiger partial charge < -0.3 is 15.2 Å². The van der Waals surface area contributed by atoms with E-state index < -0.39 is 0 Å². The van der Waals surface area contributed by atoms with Gasteiger partial charge in [-0.15, -0.1) is 0 Å². The van der Waals surface area contributed by atoms with Gasteiger partial charge >= 0.3 is 0 Å². The van der Waals surface area contributed by atoms with Crippen LogP contribution in [0.5, 0.6) is 0 Å². The number of pyridine rings is 1. The maximum absolute atomic E-state index is 12.5. The molecule has 0 fully saturated rings. The molecule has 0 saturated heterocycles. The van der Waals surface area contributed by atoms with Gasteiger partial charge in [0.2, 0.25) is 11.8 Å². The first kappa shape index (κ1) is 18.9. The first-order chi connectivity index (χ1) is 11.9. The van der Waals surface area contributed by atoms with E-state index in [1.165, 1.54) is 4.57 Å². The van der Waals surface area contributed by atoms with Crippen LogP contribution in [0.15, 0.2) is 45.7 Å². The zero-order valence-corrected chi connectivity index (χ0v) is 15.7.